The Hall–Kier alpha value is -3.17. The summed E-state index contributed by atoms with van der Waals surface area (Å²) in [4.78, 5) is 29.3. The Kier molecular flexibility index (Phi) is 6.16. The molecule has 186 valence electrons. The molecule has 3 aromatic carbocycles. The number of nitrogens with zero attached hydrogens (tertiary/aromatic N) is 2. The minimum atomic E-state index is -4.50. The molecule has 5 rings (SSSR count). The molecule has 0 N–H and O–H groups in total. The summed E-state index contributed by atoms with van der Waals surface area (Å²) in [5.41, 5.74) is 1.03. The second kappa shape index (κ2) is 9.05. The highest BCUT2D eigenvalue weighted by molar-refractivity contribution is 8.01. The van der Waals surface area contributed by atoms with Crippen molar-refractivity contribution in [3.63, 3.8) is 0 Å². The lowest BCUT2D eigenvalue weighted by Crippen LogP contribution is -2.50. The summed E-state index contributed by atoms with van der Waals surface area (Å²) in [6, 6.07) is 16.5. The Labute approximate surface area is 214 Å². The third-order valence-electron chi connectivity index (χ3n) is 6.33. The maximum Gasteiger partial charge on any atom is 0.416 e. The fraction of sp³-hybridized carbons (Fsp3) is 0.231. The topological polar surface area (TPSA) is 49.9 Å². The number of anilines is 1. The Bertz CT molecular complexity index is 1350. The summed E-state index contributed by atoms with van der Waals surface area (Å²) in [6.07, 6.45) is -4.50. The maximum absolute atomic E-state index is 14.1. The van der Waals surface area contributed by atoms with Crippen LogP contribution < -0.4 is 9.64 Å². The Morgan fingerprint density at radius 2 is 1.86 bits per heavy atom. The summed E-state index contributed by atoms with van der Waals surface area (Å²) in [6.45, 7) is 0.249. The van der Waals surface area contributed by atoms with Gasteiger partial charge in [0, 0.05) is 28.4 Å². The number of hydrogen-bond donors (Lipinski definition) is 0. The van der Waals surface area contributed by atoms with Gasteiger partial charge in [0.15, 0.2) is 4.87 Å². The van der Waals surface area contributed by atoms with Crippen LogP contribution in [0.5, 0.6) is 5.75 Å². The average Bonchev–Trinajstić information content (AvgIpc) is 3.40. The maximum atomic E-state index is 14.1. The normalized spacial score (nSPS) is 19.2. The molecular weight excluding hydrogens is 513 g/mol. The van der Waals surface area contributed by atoms with Crippen molar-refractivity contribution in [2.45, 2.75) is 17.6 Å². The Morgan fingerprint density at radius 1 is 1.11 bits per heavy atom. The van der Waals surface area contributed by atoms with Gasteiger partial charge in [0.05, 0.1) is 24.9 Å². The van der Waals surface area contributed by atoms with E-state index < -0.39 is 16.6 Å². The number of benzene rings is 3. The predicted octanol–water partition coefficient (Wildman–Crippen LogP) is 5.96. The SMILES string of the molecule is COc1ccc2c(c1)[C@@]1(SCCN1C(=O)c1ccc(Cl)cc1)C(=O)N2Cc1cccc(C(F)(F)F)c1. The summed E-state index contributed by atoms with van der Waals surface area (Å²) >= 11 is 7.31. The van der Waals surface area contributed by atoms with E-state index >= 15 is 0 Å². The molecule has 0 bridgehead atoms. The molecule has 5 nitrogen and oxygen atoms in total. The lowest BCUT2D eigenvalue weighted by Gasteiger charge is -2.33. The number of fused-ring (bicyclic) bond motifs is 2. The minimum absolute atomic E-state index is 0.0760. The smallest absolute Gasteiger partial charge is 0.416 e. The first kappa shape index (κ1) is 24.5. The molecule has 2 aliphatic heterocycles. The van der Waals surface area contributed by atoms with Gasteiger partial charge >= 0.3 is 6.18 Å². The van der Waals surface area contributed by atoms with Crippen LogP contribution >= 0.6 is 23.4 Å². The molecule has 3 aromatic rings. The molecule has 1 saturated heterocycles. The van der Waals surface area contributed by atoms with Crippen molar-refractivity contribution in [1.29, 1.82) is 0 Å². The Morgan fingerprint density at radius 3 is 2.56 bits per heavy atom. The molecule has 2 heterocycles. The van der Waals surface area contributed by atoms with Crippen LogP contribution in [0.2, 0.25) is 5.02 Å². The van der Waals surface area contributed by atoms with E-state index in [1.165, 1.54) is 34.7 Å². The third kappa shape index (κ3) is 4.00. The molecule has 0 radical (unpaired) electrons. The van der Waals surface area contributed by atoms with E-state index in [0.29, 0.717) is 45.4 Å². The zero-order valence-electron chi connectivity index (χ0n) is 19.0. The first-order valence-electron chi connectivity index (χ1n) is 11.0. The second-order valence-electron chi connectivity index (χ2n) is 8.43. The fourth-order valence-corrected chi connectivity index (χ4v) is 6.23. The first-order valence-corrected chi connectivity index (χ1v) is 12.4. The van der Waals surface area contributed by atoms with Gasteiger partial charge in [0.25, 0.3) is 11.8 Å². The standard InChI is InChI=1S/C26H20ClF3N2O3S/c1-35-20-9-10-22-21(14-20)25(32(11-12-36-25)23(33)17-5-7-19(27)8-6-17)24(34)31(22)15-16-3-2-4-18(13-16)26(28,29)30/h2-10,13-14H,11-12,15H2,1H3/t25-/m1/s1. The number of alkyl halides is 3. The van der Waals surface area contributed by atoms with Crippen LogP contribution in [0, 0.1) is 0 Å². The monoisotopic (exact) mass is 532 g/mol. The zero-order valence-corrected chi connectivity index (χ0v) is 20.6. The van der Waals surface area contributed by atoms with E-state index in [0.717, 1.165) is 12.1 Å². The fourth-order valence-electron chi connectivity index (χ4n) is 4.66. The molecule has 0 aliphatic carbocycles. The van der Waals surface area contributed by atoms with Gasteiger partial charge in [0.1, 0.15) is 5.75 Å². The van der Waals surface area contributed by atoms with Crippen molar-refractivity contribution in [3.05, 3.63) is 94.0 Å². The molecule has 0 saturated carbocycles. The van der Waals surface area contributed by atoms with Gasteiger partial charge in [-0.15, -0.1) is 11.8 Å². The number of hydrogen-bond acceptors (Lipinski definition) is 4. The largest absolute Gasteiger partial charge is 0.497 e. The van der Waals surface area contributed by atoms with Crippen molar-refractivity contribution in [2.24, 2.45) is 0 Å². The summed E-state index contributed by atoms with van der Waals surface area (Å²) in [7, 11) is 1.50. The van der Waals surface area contributed by atoms with E-state index in [9.17, 15) is 22.8 Å². The molecule has 2 aliphatic rings. The lowest BCUT2D eigenvalue weighted by atomic mass is 10.0. The van der Waals surface area contributed by atoms with Crippen LogP contribution in [-0.4, -0.2) is 36.1 Å². The van der Waals surface area contributed by atoms with Gasteiger partial charge in [-0.05, 0) is 60.2 Å². The van der Waals surface area contributed by atoms with Crippen LogP contribution in [0.1, 0.15) is 27.0 Å². The molecule has 0 aromatic heterocycles. The van der Waals surface area contributed by atoms with E-state index in [1.54, 1.807) is 48.5 Å². The van der Waals surface area contributed by atoms with Crippen LogP contribution in [0.3, 0.4) is 0 Å². The third-order valence-corrected chi connectivity index (χ3v) is 8.00. The van der Waals surface area contributed by atoms with E-state index in [2.05, 4.69) is 0 Å². The Balaban J connectivity index is 1.58. The minimum Gasteiger partial charge on any atom is -0.497 e. The zero-order chi connectivity index (χ0) is 25.7. The molecule has 2 amide bonds. The summed E-state index contributed by atoms with van der Waals surface area (Å²) in [5, 5.41) is 0.483. The first-order chi connectivity index (χ1) is 17.1. The highest BCUT2D eigenvalue weighted by atomic mass is 35.5. The van der Waals surface area contributed by atoms with Crippen LogP contribution in [0.4, 0.5) is 18.9 Å². The predicted molar refractivity (Wildman–Crippen MR) is 132 cm³/mol. The van der Waals surface area contributed by atoms with Crippen molar-refractivity contribution in [1.82, 2.24) is 4.90 Å². The molecular formula is C26H20ClF3N2O3S. The number of carbonyl (C=O) groups excluding carboxylic acids is 2. The lowest BCUT2D eigenvalue weighted by molar-refractivity contribution is -0.137. The van der Waals surface area contributed by atoms with Crippen molar-refractivity contribution >= 4 is 40.9 Å². The molecule has 10 heteroatoms. The quantitative estimate of drug-likeness (QED) is 0.416. The van der Waals surface area contributed by atoms with E-state index in [-0.39, 0.29) is 18.4 Å². The van der Waals surface area contributed by atoms with Crippen LogP contribution in [0.15, 0.2) is 66.7 Å². The van der Waals surface area contributed by atoms with E-state index in [4.69, 9.17) is 16.3 Å². The molecule has 1 fully saturated rings. The van der Waals surface area contributed by atoms with Gasteiger partial charge in [-0.3, -0.25) is 9.59 Å². The van der Waals surface area contributed by atoms with Gasteiger partial charge in [0.2, 0.25) is 0 Å². The van der Waals surface area contributed by atoms with Crippen molar-refractivity contribution in [3.8, 4) is 5.75 Å². The van der Waals surface area contributed by atoms with Crippen molar-refractivity contribution in [2.75, 3.05) is 24.3 Å². The van der Waals surface area contributed by atoms with Gasteiger partial charge in [-0.25, -0.2) is 0 Å². The number of ether oxygens (including phenoxy) is 1. The summed E-state index contributed by atoms with van der Waals surface area (Å²) < 4.78 is 45.3. The van der Waals surface area contributed by atoms with Crippen molar-refractivity contribution < 1.29 is 27.5 Å². The number of halogens is 4. The van der Waals surface area contributed by atoms with Gasteiger partial charge in [-0.2, -0.15) is 13.2 Å². The van der Waals surface area contributed by atoms with Crippen LogP contribution in [0.25, 0.3) is 0 Å². The second-order valence-corrected chi connectivity index (χ2v) is 10.2. The molecule has 36 heavy (non-hydrogen) atoms. The number of carbonyl (C=O) groups is 2. The highest BCUT2D eigenvalue weighted by Crippen LogP contribution is 2.55. The average molecular weight is 533 g/mol. The molecule has 0 unspecified atom stereocenters. The number of methoxy groups -OCH3 is 1. The molecule has 1 atom stereocenters. The number of thioether (sulfide) groups is 1. The molecule has 1 spiro atoms. The highest BCUT2D eigenvalue weighted by Gasteiger charge is 2.59. The number of amides is 2. The number of rotatable bonds is 4. The summed E-state index contributed by atoms with van der Waals surface area (Å²) in [5.74, 6) is 0.306. The van der Waals surface area contributed by atoms with Gasteiger partial charge < -0.3 is 14.5 Å². The van der Waals surface area contributed by atoms with Gasteiger partial charge in [-0.1, -0.05) is 23.7 Å². The van der Waals surface area contributed by atoms with Crippen LogP contribution in [-0.2, 0) is 22.4 Å². The van der Waals surface area contributed by atoms with E-state index in [1.807, 2.05) is 0 Å².